The molecule has 0 amide bonds. The first-order valence-electron chi connectivity index (χ1n) is 3.31. The Balaban J connectivity index is 3.39. The van der Waals surface area contributed by atoms with Gasteiger partial charge in [-0.3, -0.25) is 9.78 Å². The van der Waals surface area contributed by atoms with Gasteiger partial charge in [0, 0.05) is 6.07 Å². The number of H-pyrrole nitrogens is 1. The Hall–Kier alpha value is -1.46. The van der Waals surface area contributed by atoms with Crippen molar-refractivity contribution in [1.29, 1.82) is 0 Å². The van der Waals surface area contributed by atoms with Crippen LogP contribution in [0.5, 0.6) is 5.75 Å². The number of pyridine rings is 1. The molecular formula is C7H6F3NO2. The lowest BCUT2D eigenvalue weighted by atomic mass is 10.2. The number of aromatic amines is 1. The predicted octanol–water partition coefficient (Wildman–Crippen LogP) is 1.46. The fraction of sp³-hybridized carbons (Fsp3) is 0.286. The number of nitrogens with one attached hydrogen (secondary N) is 1. The summed E-state index contributed by atoms with van der Waals surface area (Å²) in [6.07, 6.45) is -2.99. The van der Waals surface area contributed by atoms with Gasteiger partial charge in [0.25, 0.3) is 12.0 Å². The molecule has 0 radical (unpaired) electrons. The van der Waals surface area contributed by atoms with Crippen LogP contribution < -0.4 is 10.3 Å². The summed E-state index contributed by atoms with van der Waals surface area (Å²) in [5, 5.41) is 0. The van der Waals surface area contributed by atoms with Crippen LogP contribution in [0.2, 0.25) is 0 Å². The summed E-state index contributed by atoms with van der Waals surface area (Å²) >= 11 is 0. The molecule has 0 saturated heterocycles. The van der Waals surface area contributed by atoms with Gasteiger partial charge in [-0.1, -0.05) is 0 Å². The van der Waals surface area contributed by atoms with Crippen molar-refractivity contribution >= 4 is 0 Å². The first kappa shape index (κ1) is 9.63. The van der Waals surface area contributed by atoms with Gasteiger partial charge in [0.2, 0.25) is 0 Å². The van der Waals surface area contributed by atoms with Gasteiger partial charge in [-0.25, -0.2) is 8.78 Å². The Bertz CT molecular complexity index is 361. The quantitative estimate of drug-likeness (QED) is 0.722. The second-order valence-corrected chi connectivity index (χ2v) is 2.23. The highest BCUT2D eigenvalue weighted by Gasteiger charge is 2.19. The van der Waals surface area contributed by atoms with E-state index >= 15 is 0 Å². The van der Waals surface area contributed by atoms with Crippen LogP contribution in [0.25, 0.3) is 0 Å². The summed E-state index contributed by atoms with van der Waals surface area (Å²) in [4.78, 5) is 12.4. The third kappa shape index (κ3) is 1.82. The second kappa shape index (κ2) is 3.51. The van der Waals surface area contributed by atoms with Crippen LogP contribution in [0.1, 0.15) is 12.0 Å². The molecular weight excluding hydrogens is 187 g/mol. The van der Waals surface area contributed by atoms with Crippen LogP contribution in [0, 0.1) is 5.95 Å². The van der Waals surface area contributed by atoms with E-state index in [1.54, 1.807) is 4.98 Å². The lowest BCUT2D eigenvalue weighted by Gasteiger charge is -2.05. The van der Waals surface area contributed by atoms with Crippen LogP contribution in [-0.2, 0) is 0 Å². The average Bonchev–Trinajstić information content (AvgIpc) is 2.01. The summed E-state index contributed by atoms with van der Waals surface area (Å²) < 4.78 is 41.3. The Morgan fingerprint density at radius 1 is 1.54 bits per heavy atom. The molecule has 1 heterocycles. The average molecular weight is 193 g/mol. The van der Waals surface area contributed by atoms with Crippen molar-refractivity contribution in [3.05, 3.63) is 27.9 Å². The fourth-order valence-electron chi connectivity index (χ4n) is 0.892. The number of alkyl halides is 2. The monoisotopic (exact) mass is 193 g/mol. The third-order valence-electron chi connectivity index (χ3n) is 1.44. The topological polar surface area (TPSA) is 42.1 Å². The molecule has 1 rings (SSSR count). The lowest BCUT2D eigenvalue weighted by Crippen LogP contribution is -2.15. The zero-order valence-corrected chi connectivity index (χ0v) is 6.61. The van der Waals surface area contributed by atoms with Crippen molar-refractivity contribution in [2.45, 2.75) is 6.43 Å². The maximum atomic E-state index is 12.5. The predicted molar refractivity (Wildman–Crippen MR) is 38.5 cm³/mol. The molecule has 0 aromatic carbocycles. The van der Waals surface area contributed by atoms with E-state index in [2.05, 4.69) is 4.74 Å². The van der Waals surface area contributed by atoms with E-state index in [9.17, 15) is 18.0 Å². The maximum absolute atomic E-state index is 12.5. The maximum Gasteiger partial charge on any atom is 0.272 e. The number of ether oxygens (including phenoxy) is 1. The van der Waals surface area contributed by atoms with E-state index in [0.717, 1.165) is 7.11 Å². The minimum Gasteiger partial charge on any atom is -0.496 e. The molecule has 3 nitrogen and oxygen atoms in total. The molecule has 0 spiro atoms. The Morgan fingerprint density at radius 3 is 2.62 bits per heavy atom. The molecule has 1 N–H and O–H groups in total. The molecule has 0 bridgehead atoms. The van der Waals surface area contributed by atoms with Gasteiger partial charge in [-0.15, -0.1) is 0 Å². The van der Waals surface area contributed by atoms with Crippen LogP contribution in [-0.4, -0.2) is 12.1 Å². The van der Waals surface area contributed by atoms with Gasteiger partial charge in [0.1, 0.15) is 11.3 Å². The minimum atomic E-state index is -2.99. The molecule has 0 atom stereocenters. The zero-order chi connectivity index (χ0) is 10.0. The van der Waals surface area contributed by atoms with Crippen molar-refractivity contribution in [2.24, 2.45) is 0 Å². The van der Waals surface area contributed by atoms with Crippen LogP contribution in [0.4, 0.5) is 13.2 Å². The molecule has 0 fully saturated rings. The standard InChI is InChI=1S/C7H6F3NO2/c1-13-3-2-4(8)11-7(12)5(3)6(9)10/h2,6H,1H3,(H,11,12). The number of aromatic nitrogens is 1. The molecule has 72 valence electrons. The molecule has 0 saturated carbocycles. The summed E-state index contributed by atoms with van der Waals surface area (Å²) in [6.45, 7) is 0. The summed E-state index contributed by atoms with van der Waals surface area (Å²) in [7, 11) is 1.08. The number of hydrogen-bond acceptors (Lipinski definition) is 2. The van der Waals surface area contributed by atoms with Gasteiger partial charge in [0.15, 0.2) is 5.95 Å². The number of halogens is 3. The van der Waals surface area contributed by atoms with E-state index in [-0.39, 0.29) is 0 Å². The van der Waals surface area contributed by atoms with Gasteiger partial charge in [-0.2, -0.15) is 4.39 Å². The molecule has 6 heteroatoms. The largest absolute Gasteiger partial charge is 0.496 e. The van der Waals surface area contributed by atoms with Crippen molar-refractivity contribution in [3.63, 3.8) is 0 Å². The number of hydrogen-bond donors (Lipinski definition) is 1. The van der Waals surface area contributed by atoms with Gasteiger partial charge in [0.05, 0.1) is 7.11 Å². The molecule has 0 aliphatic heterocycles. The summed E-state index contributed by atoms with van der Waals surface area (Å²) in [6, 6.07) is 0.697. The fourth-order valence-corrected chi connectivity index (χ4v) is 0.892. The van der Waals surface area contributed by atoms with Crippen LogP contribution in [0.15, 0.2) is 10.9 Å². The highest BCUT2D eigenvalue weighted by molar-refractivity contribution is 5.31. The Kier molecular flexibility index (Phi) is 2.60. The zero-order valence-electron chi connectivity index (χ0n) is 6.61. The van der Waals surface area contributed by atoms with E-state index in [1.807, 2.05) is 0 Å². The van der Waals surface area contributed by atoms with E-state index < -0.39 is 29.2 Å². The summed E-state index contributed by atoms with van der Waals surface area (Å²) in [5.41, 5.74) is -2.03. The SMILES string of the molecule is COc1cc(F)[nH]c(=O)c1C(F)F. The molecule has 1 aromatic rings. The van der Waals surface area contributed by atoms with E-state index in [1.165, 1.54) is 0 Å². The van der Waals surface area contributed by atoms with Gasteiger partial charge in [-0.05, 0) is 0 Å². The first-order chi connectivity index (χ1) is 6.06. The van der Waals surface area contributed by atoms with Crippen molar-refractivity contribution < 1.29 is 17.9 Å². The van der Waals surface area contributed by atoms with Crippen LogP contribution >= 0.6 is 0 Å². The Labute approximate surface area is 71.2 Å². The molecule has 0 aliphatic rings. The highest BCUT2D eigenvalue weighted by Crippen LogP contribution is 2.24. The normalized spacial score (nSPS) is 10.5. The smallest absolute Gasteiger partial charge is 0.272 e. The van der Waals surface area contributed by atoms with Gasteiger partial charge < -0.3 is 4.74 Å². The van der Waals surface area contributed by atoms with Gasteiger partial charge >= 0.3 is 0 Å². The molecule has 13 heavy (non-hydrogen) atoms. The number of rotatable bonds is 2. The minimum absolute atomic E-state index is 0.448. The summed E-state index contributed by atoms with van der Waals surface area (Å²) in [5.74, 6) is -1.46. The lowest BCUT2D eigenvalue weighted by molar-refractivity contribution is 0.145. The molecule has 0 unspecified atom stereocenters. The molecule has 1 aromatic heterocycles. The number of methoxy groups -OCH3 is 1. The van der Waals surface area contributed by atoms with Crippen LogP contribution in [0.3, 0.4) is 0 Å². The van der Waals surface area contributed by atoms with Crippen molar-refractivity contribution in [3.8, 4) is 5.75 Å². The Morgan fingerprint density at radius 2 is 2.15 bits per heavy atom. The van der Waals surface area contributed by atoms with Crippen molar-refractivity contribution in [2.75, 3.05) is 7.11 Å². The third-order valence-corrected chi connectivity index (χ3v) is 1.44. The van der Waals surface area contributed by atoms with E-state index in [0.29, 0.717) is 6.07 Å². The molecule has 0 aliphatic carbocycles. The first-order valence-corrected chi connectivity index (χ1v) is 3.31. The second-order valence-electron chi connectivity index (χ2n) is 2.23. The highest BCUT2D eigenvalue weighted by atomic mass is 19.3. The van der Waals surface area contributed by atoms with Crippen molar-refractivity contribution in [1.82, 2.24) is 4.98 Å². The van der Waals surface area contributed by atoms with E-state index in [4.69, 9.17) is 0 Å².